The number of nitrogens with two attached hydrogens (primary N) is 1. The zero-order chi connectivity index (χ0) is 14.7. The number of hydrogen-bond donors (Lipinski definition) is 1. The van der Waals surface area contributed by atoms with Crippen molar-refractivity contribution in [3.63, 3.8) is 0 Å². The maximum Gasteiger partial charge on any atom is 0.128 e. The molecule has 2 rings (SSSR count). The highest BCUT2D eigenvalue weighted by molar-refractivity contribution is 5.46. The molecule has 1 fully saturated rings. The van der Waals surface area contributed by atoms with Crippen LogP contribution in [0.3, 0.4) is 0 Å². The summed E-state index contributed by atoms with van der Waals surface area (Å²) in [5.41, 5.74) is 7.06. The fraction of sp³-hybridized carbons (Fsp3) is 0.647. The fourth-order valence-corrected chi connectivity index (χ4v) is 3.40. The molecule has 0 radical (unpaired) electrons. The zero-order valence-electron chi connectivity index (χ0n) is 13.1. The van der Waals surface area contributed by atoms with Crippen molar-refractivity contribution < 1.29 is 9.47 Å². The minimum atomic E-state index is -0.0976. The zero-order valence-corrected chi connectivity index (χ0v) is 13.1. The van der Waals surface area contributed by atoms with Crippen LogP contribution in [0, 0.1) is 11.8 Å². The Morgan fingerprint density at radius 2 is 1.70 bits per heavy atom. The summed E-state index contributed by atoms with van der Waals surface area (Å²) in [7, 11) is 1.68. The third-order valence-electron chi connectivity index (χ3n) is 4.13. The third-order valence-corrected chi connectivity index (χ3v) is 4.13. The van der Waals surface area contributed by atoms with Gasteiger partial charge in [-0.15, -0.1) is 0 Å². The van der Waals surface area contributed by atoms with E-state index in [9.17, 15) is 0 Å². The van der Waals surface area contributed by atoms with Crippen molar-refractivity contribution in [2.75, 3.05) is 7.11 Å². The highest BCUT2D eigenvalue weighted by Crippen LogP contribution is 2.36. The SMILES string of the molecule is COc1cccc(OC2CC(C)CC(C)C2)c1[C@H](C)N. The van der Waals surface area contributed by atoms with Crippen LogP contribution in [0.5, 0.6) is 11.5 Å². The fourth-order valence-electron chi connectivity index (χ4n) is 3.40. The van der Waals surface area contributed by atoms with Gasteiger partial charge in [0, 0.05) is 6.04 Å². The highest BCUT2D eigenvalue weighted by atomic mass is 16.5. The van der Waals surface area contributed by atoms with E-state index in [1.54, 1.807) is 7.11 Å². The van der Waals surface area contributed by atoms with E-state index in [2.05, 4.69) is 13.8 Å². The van der Waals surface area contributed by atoms with E-state index < -0.39 is 0 Å². The highest BCUT2D eigenvalue weighted by Gasteiger charge is 2.26. The molecule has 1 saturated carbocycles. The van der Waals surface area contributed by atoms with E-state index in [0.717, 1.165) is 41.7 Å². The maximum atomic E-state index is 6.27. The second kappa shape index (κ2) is 6.49. The van der Waals surface area contributed by atoms with E-state index in [4.69, 9.17) is 15.2 Å². The lowest BCUT2D eigenvalue weighted by molar-refractivity contribution is 0.0994. The van der Waals surface area contributed by atoms with E-state index >= 15 is 0 Å². The normalized spacial score (nSPS) is 27.9. The Hall–Kier alpha value is -1.22. The molecular formula is C17H27NO2. The summed E-state index contributed by atoms with van der Waals surface area (Å²) >= 11 is 0. The first-order valence-corrected chi connectivity index (χ1v) is 7.60. The Bertz CT molecular complexity index is 435. The molecule has 112 valence electrons. The molecule has 3 atom stereocenters. The van der Waals surface area contributed by atoms with Crippen molar-refractivity contribution in [2.45, 2.75) is 52.2 Å². The Morgan fingerprint density at radius 1 is 1.10 bits per heavy atom. The predicted octanol–water partition coefficient (Wildman–Crippen LogP) is 3.92. The van der Waals surface area contributed by atoms with Crippen molar-refractivity contribution >= 4 is 0 Å². The molecule has 2 unspecified atom stereocenters. The van der Waals surface area contributed by atoms with Crippen molar-refractivity contribution in [3.05, 3.63) is 23.8 Å². The van der Waals surface area contributed by atoms with Gasteiger partial charge in [-0.2, -0.15) is 0 Å². The van der Waals surface area contributed by atoms with Crippen LogP contribution < -0.4 is 15.2 Å². The van der Waals surface area contributed by atoms with E-state index in [-0.39, 0.29) is 6.04 Å². The van der Waals surface area contributed by atoms with Gasteiger partial charge in [0.1, 0.15) is 11.5 Å². The molecule has 0 bridgehead atoms. The topological polar surface area (TPSA) is 44.5 Å². The monoisotopic (exact) mass is 277 g/mol. The predicted molar refractivity (Wildman–Crippen MR) is 82.2 cm³/mol. The Morgan fingerprint density at radius 3 is 2.25 bits per heavy atom. The van der Waals surface area contributed by atoms with Gasteiger partial charge in [-0.25, -0.2) is 0 Å². The minimum absolute atomic E-state index is 0.0976. The van der Waals surface area contributed by atoms with Crippen LogP contribution in [0.25, 0.3) is 0 Å². The van der Waals surface area contributed by atoms with Crippen LogP contribution >= 0.6 is 0 Å². The van der Waals surface area contributed by atoms with Gasteiger partial charge in [-0.05, 0) is 50.2 Å². The second-order valence-corrected chi connectivity index (χ2v) is 6.32. The number of benzene rings is 1. The number of hydrogen-bond acceptors (Lipinski definition) is 3. The number of ether oxygens (including phenoxy) is 2. The smallest absolute Gasteiger partial charge is 0.128 e. The summed E-state index contributed by atoms with van der Waals surface area (Å²) in [6, 6.07) is 5.82. The van der Waals surface area contributed by atoms with Crippen molar-refractivity contribution in [2.24, 2.45) is 17.6 Å². The van der Waals surface area contributed by atoms with Gasteiger partial charge in [0.05, 0.1) is 18.8 Å². The molecule has 0 aromatic heterocycles. The van der Waals surface area contributed by atoms with Crippen LogP contribution in [-0.2, 0) is 0 Å². The molecule has 0 saturated heterocycles. The molecule has 0 aliphatic heterocycles. The Kier molecular flexibility index (Phi) is 4.92. The maximum absolute atomic E-state index is 6.27. The first-order chi connectivity index (χ1) is 9.51. The second-order valence-electron chi connectivity index (χ2n) is 6.32. The summed E-state index contributed by atoms with van der Waals surface area (Å²) in [6.07, 6.45) is 3.84. The van der Waals surface area contributed by atoms with Crippen LogP contribution in [0.2, 0.25) is 0 Å². The third kappa shape index (κ3) is 3.45. The lowest BCUT2D eigenvalue weighted by atomic mass is 9.82. The summed E-state index contributed by atoms with van der Waals surface area (Å²) < 4.78 is 11.7. The lowest BCUT2D eigenvalue weighted by Crippen LogP contribution is -2.29. The van der Waals surface area contributed by atoms with Crippen molar-refractivity contribution in [1.82, 2.24) is 0 Å². The van der Waals surface area contributed by atoms with E-state index in [1.807, 2.05) is 25.1 Å². The van der Waals surface area contributed by atoms with Crippen molar-refractivity contribution in [3.8, 4) is 11.5 Å². The summed E-state index contributed by atoms with van der Waals surface area (Å²) in [6.45, 7) is 6.59. The van der Waals surface area contributed by atoms with Gasteiger partial charge in [-0.1, -0.05) is 19.9 Å². The molecule has 3 heteroatoms. The van der Waals surface area contributed by atoms with E-state index in [1.165, 1.54) is 6.42 Å². The van der Waals surface area contributed by atoms with E-state index in [0.29, 0.717) is 6.10 Å². The molecule has 3 nitrogen and oxygen atoms in total. The van der Waals surface area contributed by atoms with Gasteiger partial charge in [-0.3, -0.25) is 0 Å². The van der Waals surface area contributed by atoms with Gasteiger partial charge in [0.2, 0.25) is 0 Å². The molecule has 1 aromatic carbocycles. The van der Waals surface area contributed by atoms with Gasteiger partial charge < -0.3 is 15.2 Å². The van der Waals surface area contributed by atoms with Gasteiger partial charge in [0.15, 0.2) is 0 Å². The van der Waals surface area contributed by atoms with Gasteiger partial charge >= 0.3 is 0 Å². The number of rotatable bonds is 4. The first kappa shape index (κ1) is 15.2. The summed E-state index contributed by atoms with van der Waals surface area (Å²) in [5.74, 6) is 3.15. The standard InChI is InChI=1S/C17H27NO2/c1-11-8-12(2)10-14(9-11)20-16-7-5-6-15(19-4)17(16)13(3)18/h5-7,11-14H,8-10,18H2,1-4H3/t11?,12?,13-,14?/m0/s1. The molecule has 0 spiro atoms. The molecule has 1 aliphatic carbocycles. The van der Waals surface area contributed by atoms with Crippen LogP contribution in [0.1, 0.15) is 51.6 Å². The number of methoxy groups -OCH3 is 1. The molecule has 0 heterocycles. The Labute approximate surface area is 122 Å². The molecule has 1 aromatic rings. The summed E-state index contributed by atoms with van der Waals surface area (Å²) in [4.78, 5) is 0. The average Bonchev–Trinajstić information content (AvgIpc) is 2.36. The van der Waals surface area contributed by atoms with Gasteiger partial charge in [0.25, 0.3) is 0 Å². The quantitative estimate of drug-likeness (QED) is 0.907. The lowest BCUT2D eigenvalue weighted by Gasteiger charge is -2.32. The molecule has 1 aliphatic rings. The minimum Gasteiger partial charge on any atom is -0.496 e. The average molecular weight is 277 g/mol. The van der Waals surface area contributed by atoms with Crippen molar-refractivity contribution in [1.29, 1.82) is 0 Å². The first-order valence-electron chi connectivity index (χ1n) is 7.60. The van der Waals surface area contributed by atoms with Crippen LogP contribution in [-0.4, -0.2) is 13.2 Å². The Balaban J connectivity index is 2.20. The van der Waals surface area contributed by atoms with Crippen LogP contribution in [0.4, 0.5) is 0 Å². The largest absolute Gasteiger partial charge is 0.496 e. The van der Waals surface area contributed by atoms with Crippen LogP contribution in [0.15, 0.2) is 18.2 Å². The summed E-state index contributed by atoms with van der Waals surface area (Å²) in [5, 5.41) is 0. The molecule has 20 heavy (non-hydrogen) atoms. The molecule has 2 N–H and O–H groups in total. The molecule has 0 amide bonds. The molecular weight excluding hydrogens is 250 g/mol.